The molecule has 1 atom stereocenters. The summed E-state index contributed by atoms with van der Waals surface area (Å²) in [7, 11) is 0. The Morgan fingerprint density at radius 2 is 2.11 bits per heavy atom. The van der Waals surface area contributed by atoms with Crippen LogP contribution in [0.2, 0.25) is 0 Å². The van der Waals surface area contributed by atoms with Crippen molar-refractivity contribution in [2.45, 2.75) is 19.4 Å². The highest BCUT2D eigenvalue weighted by Crippen LogP contribution is 2.17. The van der Waals surface area contributed by atoms with E-state index in [9.17, 15) is 4.79 Å². The van der Waals surface area contributed by atoms with Gasteiger partial charge in [-0.15, -0.1) is 0 Å². The number of halogens is 1. The molecule has 2 aromatic rings. The van der Waals surface area contributed by atoms with Crippen LogP contribution in [0.5, 0.6) is 0 Å². The van der Waals surface area contributed by atoms with E-state index in [4.69, 9.17) is 10.4 Å². The number of pyridine rings is 1. The first-order valence-corrected chi connectivity index (χ1v) is 5.66. The van der Waals surface area contributed by atoms with Gasteiger partial charge in [-0.25, -0.2) is 4.79 Å². The average molecular weight is 368 g/mol. The van der Waals surface area contributed by atoms with E-state index >= 15 is 0 Å². The van der Waals surface area contributed by atoms with Gasteiger partial charge < -0.3 is 29.1 Å². The van der Waals surface area contributed by atoms with Gasteiger partial charge in [-0.2, -0.15) is 9.83 Å². The number of benzene rings is 1. The number of aliphatic carboxylic acids is 1. The number of carbonyl (C=O) groups is 1. The topological polar surface area (TPSA) is 65.0 Å². The van der Waals surface area contributed by atoms with Crippen LogP contribution in [0.3, 0.4) is 0 Å². The van der Waals surface area contributed by atoms with Crippen LogP contribution < -0.4 is 28.5 Å². The number of aromatic nitrogens is 1. The van der Waals surface area contributed by atoms with Crippen molar-refractivity contribution in [2.24, 2.45) is 0 Å². The molecular weight excluding hydrogens is 355 g/mol. The van der Waals surface area contributed by atoms with Gasteiger partial charge in [0.25, 0.3) is 6.04 Å². The predicted octanol–water partition coefficient (Wildman–Crippen LogP) is -1.16. The Bertz CT molecular complexity index is 649. The lowest BCUT2D eigenvalue weighted by atomic mass is 10.1. The molecule has 1 N–H and O–H groups in total. The minimum atomic E-state index is -0.877. The molecule has 0 saturated carbocycles. The summed E-state index contributed by atoms with van der Waals surface area (Å²) in [5.74, 6) is -0.877. The third-order valence-corrected chi connectivity index (χ3v) is 3.01. The predicted molar refractivity (Wildman–Crippen MR) is 65.8 cm³/mol. The maximum Gasteiger partial charge on any atom is 0.373 e. The Balaban J connectivity index is 0.00000180. The van der Waals surface area contributed by atoms with Gasteiger partial charge in [0, 0.05) is 19.1 Å². The van der Waals surface area contributed by atoms with Gasteiger partial charge in [0.2, 0.25) is 5.52 Å². The van der Waals surface area contributed by atoms with E-state index in [-0.39, 0.29) is 24.0 Å². The van der Waals surface area contributed by atoms with E-state index in [1.165, 1.54) is 0 Å². The monoisotopic (exact) mass is 368 g/mol. The Morgan fingerprint density at radius 1 is 1.42 bits per heavy atom. The molecule has 1 heterocycles. The first kappa shape index (κ1) is 15.4. The largest absolute Gasteiger partial charge is 1.00 e. The lowest BCUT2D eigenvalue weighted by molar-refractivity contribution is -0.682. The molecule has 0 amide bonds. The molecule has 0 fully saturated rings. The molecule has 4 nitrogen and oxygen atoms in total. The molecule has 0 aliphatic rings. The highest BCUT2D eigenvalue weighted by Gasteiger charge is 2.24. The fourth-order valence-corrected chi connectivity index (χ4v) is 2.01. The molecule has 0 aliphatic heterocycles. The Labute approximate surface area is 128 Å². The van der Waals surface area contributed by atoms with E-state index in [0.29, 0.717) is 6.42 Å². The molecule has 0 aliphatic carbocycles. The van der Waals surface area contributed by atoms with Crippen molar-refractivity contribution in [1.82, 2.24) is 0 Å². The number of hydrogen-bond acceptors (Lipinski definition) is 2. The maximum absolute atomic E-state index is 11.1. The van der Waals surface area contributed by atoms with Gasteiger partial charge in [-0.3, -0.25) is 0 Å². The second kappa shape index (κ2) is 6.48. The smallest absolute Gasteiger partial charge is 0.373 e. The van der Waals surface area contributed by atoms with Crippen molar-refractivity contribution in [3.63, 3.8) is 0 Å². The number of rotatable bonds is 3. The molecule has 98 valence electrons. The van der Waals surface area contributed by atoms with Crippen LogP contribution in [0.4, 0.5) is 0 Å². The van der Waals surface area contributed by atoms with Crippen LogP contribution >= 0.6 is 0 Å². The number of carboxylic acids is 1. The molecule has 0 saturated heterocycles. The van der Waals surface area contributed by atoms with E-state index in [2.05, 4.69) is 6.07 Å². The number of para-hydroxylation sites is 1. The van der Waals surface area contributed by atoms with Crippen molar-refractivity contribution in [2.75, 3.05) is 0 Å². The number of hydrogen-bond donors (Lipinski definition) is 1. The molecule has 0 bridgehead atoms. The maximum atomic E-state index is 11.1. The lowest BCUT2D eigenvalue weighted by Gasteiger charge is -2.07. The zero-order valence-electron chi connectivity index (χ0n) is 10.4. The summed E-state index contributed by atoms with van der Waals surface area (Å²) in [4.78, 5) is 11.1. The van der Waals surface area contributed by atoms with Crippen LogP contribution in [0.25, 0.3) is 10.9 Å². The molecule has 0 radical (unpaired) electrons. The lowest BCUT2D eigenvalue weighted by Crippen LogP contribution is -3.00. The van der Waals surface area contributed by atoms with Gasteiger partial charge in [-0.05, 0) is 11.6 Å². The standard InChI is InChI=1S/C14H12N2O2.HI/c1-10(14(17)18)16-9-7-11(6-8-15)12-4-2-3-5-13(12)16;/h2-5,7,9-10H,6H2,1H3;1H. The minimum absolute atomic E-state index is 0. The van der Waals surface area contributed by atoms with Gasteiger partial charge >= 0.3 is 5.97 Å². The third-order valence-electron chi connectivity index (χ3n) is 3.01. The van der Waals surface area contributed by atoms with Crippen molar-refractivity contribution in [3.8, 4) is 6.07 Å². The quantitative estimate of drug-likeness (QED) is 0.550. The molecule has 0 spiro atoms. The van der Waals surface area contributed by atoms with Crippen LogP contribution in [0, 0.1) is 11.3 Å². The number of nitrogens with zero attached hydrogens (tertiary/aromatic N) is 2. The Morgan fingerprint density at radius 3 is 2.74 bits per heavy atom. The number of fused-ring (bicyclic) bond motifs is 1. The van der Waals surface area contributed by atoms with Crippen molar-refractivity contribution in [1.29, 1.82) is 5.26 Å². The highest BCUT2D eigenvalue weighted by atomic mass is 127. The van der Waals surface area contributed by atoms with Crippen molar-refractivity contribution >= 4 is 16.9 Å². The van der Waals surface area contributed by atoms with Crippen molar-refractivity contribution < 1.29 is 38.4 Å². The fourth-order valence-electron chi connectivity index (χ4n) is 2.01. The number of nitriles is 1. The number of carboxylic acid groups (broad SMARTS) is 1. The Hall–Kier alpha value is -1.68. The minimum Gasteiger partial charge on any atom is -1.00 e. The van der Waals surface area contributed by atoms with Gasteiger partial charge in [-0.1, -0.05) is 12.1 Å². The molecule has 19 heavy (non-hydrogen) atoms. The summed E-state index contributed by atoms with van der Waals surface area (Å²) in [6.07, 6.45) is 2.05. The summed E-state index contributed by atoms with van der Waals surface area (Å²) in [6.45, 7) is 1.64. The summed E-state index contributed by atoms with van der Waals surface area (Å²) in [5, 5.41) is 18.8. The van der Waals surface area contributed by atoms with E-state index < -0.39 is 12.0 Å². The van der Waals surface area contributed by atoms with Crippen molar-refractivity contribution in [3.05, 3.63) is 42.1 Å². The van der Waals surface area contributed by atoms with Crippen LogP contribution in [-0.4, -0.2) is 11.1 Å². The van der Waals surface area contributed by atoms with Gasteiger partial charge in [0.1, 0.15) is 0 Å². The average Bonchev–Trinajstić information content (AvgIpc) is 2.38. The molecule has 2 rings (SSSR count). The second-order valence-electron chi connectivity index (χ2n) is 4.11. The zero-order valence-corrected chi connectivity index (χ0v) is 12.5. The van der Waals surface area contributed by atoms with Gasteiger partial charge in [0.15, 0.2) is 6.20 Å². The normalized spacial score (nSPS) is 11.4. The summed E-state index contributed by atoms with van der Waals surface area (Å²) in [6, 6.07) is 10.8. The Kier molecular flexibility index (Phi) is 5.24. The first-order chi connectivity index (χ1) is 8.65. The molecule has 5 heteroatoms. The SMILES string of the molecule is CC(C(=O)O)[n+]1ccc(CC#N)c2ccccc21.[I-]. The summed E-state index contributed by atoms with van der Waals surface area (Å²) >= 11 is 0. The van der Waals surface area contributed by atoms with E-state index in [0.717, 1.165) is 16.5 Å². The first-order valence-electron chi connectivity index (χ1n) is 5.66. The highest BCUT2D eigenvalue weighted by molar-refractivity contribution is 5.80. The van der Waals surface area contributed by atoms with Crippen LogP contribution in [0.1, 0.15) is 18.5 Å². The summed E-state index contributed by atoms with van der Waals surface area (Å²) < 4.78 is 1.71. The van der Waals surface area contributed by atoms with Crippen LogP contribution in [0.15, 0.2) is 36.5 Å². The molecular formula is C14H13IN2O2. The van der Waals surface area contributed by atoms with E-state index in [1.54, 1.807) is 17.7 Å². The fraction of sp³-hybridized carbons (Fsp3) is 0.214. The molecule has 1 unspecified atom stereocenters. The zero-order chi connectivity index (χ0) is 13.1. The second-order valence-corrected chi connectivity index (χ2v) is 4.11. The van der Waals surface area contributed by atoms with E-state index in [1.807, 2.05) is 30.3 Å². The molecule has 1 aromatic heterocycles. The van der Waals surface area contributed by atoms with Gasteiger partial charge in [0.05, 0.1) is 17.9 Å². The summed E-state index contributed by atoms with van der Waals surface area (Å²) in [5.41, 5.74) is 1.75. The van der Waals surface area contributed by atoms with Crippen LogP contribution in [-0.2, 0) is 11.2 Å². The third kappa shape index (κ3) is 3.01. The molecule has 1 aromatic carbocycles.